The molecule has 2 rings (SSSR count). The SMILES string of the molecule is COc1ccc(Cl)cc1NC(=O)Cn1c(SC)nc(C)cc1=O. The van der Waals surface area contributed by atoms with E-state index in [4.69, 9.17) is 16.3 Å². The predicted molar refractivity (Wildman–Crippen MR) is 91.6 cm³/mol. The van der Waals surface area contributed by atoms with Gasteiger partial charge in [-0.3, -0.25) is 14.2 Å². The summed E-state index contributed by atoms with van der Waals surface area (Å²) in [5.41, 5.74) is 0.798. The molecular weight excluding hydrogens is 338 g/mol. The molecule has 1 aromatic carbocycles. The summed E-state index contributed by atoms with van der Waals surface area (Å²) in [6.07, 6.45) is 1.80. The number of hydrogen-bond donors (Lipinski definition) is 1. The molecule has 0 saturated heterocycles. The average molecular weight is 354 g/mol. The molecular formula is C15H16ClN3O3S. The van der Waals surface area contributed by atoms with Crippen LogP contribution in [0.3, 0.4) is 0 Å². The van der Waals surface area contributed by atoms with E-state index in [2.05, 4.69) is 10.3 Å². The summed E-state index contributed by atoms with van der Waals surface area (Å²) in [6, 6.07) is 6.30. The molecule has 23 heavy (non-hydrogen) atoms. The second-order valence-corrected chi connectivity index (χ2v) is 5.91. The fourth-order valence-corrected chi connectivity index (χ4v) is 2.79. The van der Waals surface area contributed by atoms with Crippen molar-refractivity contribution in [1.82, 2.24) is 9.55 Å². The van der Waals surface area contributed by atoms with Gasteiger partial charge in [0.2, 0.25) is 5.91 Å². The molecule has 122 valence electrons. The number of methoxy groups -OCH3 is 1. The summed E-state index contributed by atoms with van der Waals surface area (Å²) in [5.74, 6) is 0.121. The second kappa shape index (κ2) is 7.52. The summed E-state index contributed by atoms with van der Waals surface area (Å²) in [5, 5.41) is 3.66. The van der Waals surface area contributed by atoms with Gasteiger partial charge in [-0.1, -0.05) is 23.4 Å². The van der Waals surface area contributed by atoms with Crippen LogP contribution in [0.1, 0.15) is 5.69 Å². The molecule has 6 nitrogen and oxygen atoms in total. The molecule has 2 aromatic rings. The average Bonchev–Trinajstić information content (AvgIpc) is 2.50. The van der Waals surface area contributed by atoms with E-state index in [0.29, 0.717) is 27.3 Å². The van der Waals surface area contributed by atoms with Crippen LogP contribution >= 0.6 is 23.4 Å². The van der Waals surface area contributed by atoms with Crippen LogP contribution in [-0.4, -0.2) is 28.8 Å². The van der Waals surface area contributed by atoms with E-state index in [1.54, 1.807) is 31.4 Å². The van der Waals surface area contributed by atoms with Gasteiger partial charge < -0.3 is 10.1 Å². The first-order valence-electron chi connectivity index (χ1n) is 6.70. The van der Waals surface area contributed by atoms with E-state index in [9.17, 15) is 9.59 Å². The zero-order valence-electron chi connectivity index (χ0n) is 12.9. The third-order valence-corrected chi connectivity index (χ3v) is 3.93. The van der Waals surface area contributed by atoms with Crippen LogP contribution in [0.4, 0.5) is 5.69 Å². The van der Waals surface area contributed by atoms with Crippen molar-refractivity contribution in [3.63, 3.8) is 0 Å². The lowest BCUT2D eigenvalue weighted by Gasteiger charge is -2.13. The van der Waals surface area contributed by atoms with Crippen LogP contribution in [0.15, 0.2) is 34.2 Å². The van der Waals surface area contributed by atoms with Gasteiger partial charge in [0.05, 0.1) is 12.8 Å². The normalized spacial score (nSPS) is 10.4. The quantitative estimate of drug-likeness (QED) is 0.660. The molecule has 0 spiro atoms. The third-order valence-electron chi connectivity index (χ3n) is 3.02. The number of nitrogens with one attached hydrogen (secondary N) is 1. The number of thioether (sulfide) groups is 1. The molecule has 0 unspecified atom stereocenters. The maximum absolute atomic E-state index is 12.3. The lowest BCUT2D eigenvalue weighted by atomic mass is 10.3. The number of amides is 1. The molecule has 0 aliphatic rings. The Morgan fingerprint density at radius 3 is 2.83 bits per heavy atom. The number of benzene rings is 1. The first-order chi connectivity index (χ1) is 10.9. The van der Waals surface area contributed by atoms with Crippen molar-refractivity contribution in [1.29, 1.82) is 0 Å². The summed E-state index contributed by atoms with van der Waals surface area (Å²) >= 11 is 7.24. The highest BCUT2D eigenvalue weighted by molar-refractivity contribution is 7.98. The van der Waals surface area contributed by atoms with Gasteiger partial charge in [0.1, 0.15) is 12.3 Å². The summed E-state index contributed by atoms with van der Waals surface area (Å²) in [7, 11) is 1.50. The van der Waals surface area contributed by atoms with Gasteiger partial charge in [0.25, 0.3) is 5.56 Å². The number of halogens is 1. The minimum absolute atomic E-state index is 0.141. The van der Waals surface area contributed by atoms with Gasteiger partial charge >= 0.3 is 0 Å². The van der Waals surface area contributed by atoms with E-state index in [-0.39, 0.29) is 18.0 Å². The standard InChI is InChI=1S/C15H16ClN3O3S/c1-9-6-14(21)19(15(17-9)23-3)8-13(20)18-11-7-10(16)4-5-12(11)22-2/h4-7H,8H2,1-3H3,(H,18,20). The minimum atomic E-state index is -0.367. The Hall–Kier alpha value is -1.99. The molecule has 0 atom stereocenters. The molecule has 1 aromatic heterocycles. The molecule has 8 heteroatoms. The Bertz CT molecular complexity index is 792. The Labute approximate surface area is 142 Å². The summed E-state index contributed by atoms with van der Waals surface area (Å²) in [6.45, 7) is 1.60. The fourth-order valence-electron chi connectivity index (χ4n) is 2.01. The zero-order valence-corrected chi connectivity index (χ0v) is 14.5. The Morgan fingerprint density at radius 2 is 2.17 bits per heavy atom. The number of ether oxygens (including phenoxy) is 1. The van der Waals surface area contributed by atoms with Gasteiger partial charge in [-0.05, 0) is 31.4 Å². The number of hydrogen-bond acceptors (Lipinski definition) is 5. The molecule has 0 aliphatic heterocycles. The van der Waals surface area contributed by atoms with E-state index in [1.807, 2.05) is 0 Å². The van der Waals surface area contributed by atoms with Crippen LogP contribution in [-0.2, 0) is 11.3 Å². The summed E-state index contributed by atoms with van der Waals surface area (Å²) in [4.78, 5) is 28.6. The van der Waals surface area contributed by atoms with Gasteiger partial charge in [-0.25, -0.2) is 4.98 Å². The minimum Gasteiger partial charge on any atom is -0.495 e. The largest absolute Gasteiger partial charge is 0.495 e. The molecule has 0 radical (unpaired) electrons. The van der Waals surface area contributed by atoms with Crippen molar-refractivity contribution >= 4 is 35.0 Å². The van der Waals surface area contributed by atoms with Gasteiger partial charge in [0, 0.05) is 16.8 Å². The first kappa shape index (κ1) is 17.4. The van der Waals surface area contributed by atoms with Crippen molar-refractivity contribution < 1.29 is 9.53 Å². The first-order valence-corrected chi connectivity index (χ1v) is 8.30. The molecule has 0 saturated carbocycles. The van der Waals surface area contributed by atoms with Crippen molar-refractivity contribution in [2.75, 3.05) is 18.7 Å². The number of rotatable bonds is 5. The van der Waals surface area contributed by atoms with Crippen molar-refractivity contribution in [2.45, 2.75) is 18.6 Å². The molecule has 1 amide bonds. The monoisotopic (exact) mass is 353 g/mol. The number of aryl methyl sites for hydroxylation is 1. The highest BCUT2D eigenvalue weighted by Crippen LogP contribution is 2.27. The Balaban J connectivity index is 2.24. The molecule has 1 N–H and O–H groups in total. The van der Waals surface area contributed by atoms with Crippen LogP contribution in [0, 0.1) is 6.92 Å². The number of carbonyl (C=O) groups excluding carboxylic acids is 1. The van der Waals surface area contributed by atoms with E-state index in [0.717, 1.165) is 0 Å². The van der Waals surface area contributed by atoms with Crippen LogP contribution < -0.4 is 15.6 Å². The number of nitrogens with zero attached hydrogens (tertiary/aromatic N) is 2. The van der Waals surface area contributed by atoms with Gasteiger partial charge in [-0.15, -0.1) is 0 Å². The lowest BCUT2D eigenvalue weighted by Crippen LogP contribution is -2.29. The smallest absolute Gasteiger partial charge is 0.254 e. The highest BCUT2D eigenvalue weighted by Gasteiger charge is 2.13. The maximum Gasteiger partial charge on any atom is 0.254 e. The molecule has 0 aliphatic carbocycles. The number of carbonyl (C=O) groups is 1. The van der Waals surface area contributed by atoms with E-state index >= 15 is 0 Å². The number of aromatic nitrogens is 2. The van der Waals surface area contributed by atoms with Crippen molar-refractivity contribution in [3.8, 4) is 5.75 Å². The second-order valence-electron chi connectivity index (χ2n) is 4.70. The van der Waals surface area contributed by atoms with Crippen molar-refractivity contribution in [3.05, 3.63) is 45.3 Å². The highest BCUT2D eigenvalue weighted by atomic mass is 35.5. The Morgan fingerprint density at radius 1 is 1.43 bits per heavy atom. The van der Waals surface area contributed by atoms with Crippen LogP contribution in [0.2, 0.25) is 5.02 Å². The van der Waals surface area contributed by atoms with Crippen LogP contribution in [0.5, 0.6) is 5.75 Å². The van der Waals surface area contributed by atoms with Gasteiger partial charge in [-0.2, -0.15) is 0 Å². The molecule has 0 fully saturated rings. The van der Waals surface area contributed by atoms with Gasteiger partial charge in [0.15, 0.2) is 5.16 Å². The predicted octanol–water partition coefficient (Wildman–Crippen LogP) is 2.57. The maximum atomic E-state index is 12.3. The number of anilines is 1. The Kier molecular flexibility index (Phi) is 5.68. The topological polar surface area (TPSA) is 73.2 Å². The van der Waals surface area contributed by atoms with Crippen molar-refractivity contribution in [2.24, 2.45) is 0 Å². The zero-order chi connectivity index (χ0) is 17.0. The van der Waals surface area contributed by atoms with E-state index < -0.39 is 0 Å². The van der Waals surface area contributed by atoms with Crippen LogP contribution in [0.25, 0.3) is 0 Å². The fraction of sp³-hybridized carbons (Fsp3) is 0.267. The third kappa shape index (κ3) is 4.27. The molecule has 0 bridgehead atoms. The summed E-state index contributed by atoms with van der Waals surface area (Å²) < 4.78 is 6.50. The van der Waals surface area contributed by atoms with E-state index in [1.165, 1.54) is 29.5 Å². The molecule has 1 heterocycles. The lowest BCUT2D eigenvalue weighted by molar-refractivity contribution is -0.116.